The number of rotatable bonds is 4. The Balaban J connectivity index is 2.27. The summed E-state index contributed by atoms with van der Waals surface area (Å²) in [6, 6.07) is 5.90. The molecule has 0 fully saturated rings. The van der Waals surface area contributed by atoms with Gasteiger partial charge in [-0.2, -0.15) is 4.98 Å². The molecule has 0 radical (unpaired) electrons. The van der Waals surface area contributed by atoms with E-state index in [-0.39, 0.29) is 35.5 Å². The highest BCUT2D eigenvalue weighted by atomic mass is 19.1. The van der Waals surface area contributed by atoms with E-state index in [0.29, 0.717) is 5.56 Å². The molecule has 1 aromatic carbocycles. The van der Waals surface area contributed by atoms with Gasteiger partial charge in [0.1, 0.15) is 11.5 Å². The minimum absolute atomic E-state index is 0.0178. The number of hydrogen-bond acceptors (Lipinski definition) is 6. The van der Waals surface area contributed by atoms with Crippen molar-refractivity contribution in [3.05, 3.63) is 51.5 Å². The summed E-state index contributed by atoms with van der Waals surface area (Å²) in [4.78, 5) is 18.0. The van der Waals surface area contributed by atoms with Crippen molar-refractivity contribution in [2.45, 2.75) is 13.5 Å². The molecule has 2 rings (SSSR count). The molecule has 7 nitrogen and oxygen atoms in total. The quantitative estimate of drug-likeness (QED) is 0.654. The number of benzene rings is 1. The Hall–Kier alpha value is -2.77. The maximum Gasteiger partial charge on any atom is 0.332 e. The van der Waals surface area contributed by atoms with Crippen molar-refractivity contribution in [1.82, 2.24) is 9.97 Å². The van der Waals surface area contributed by atoms with E-state index in [1.165, 1.54) is 19.1 Å². The molecule has 3 N–H and O–H groups in total. The largest absolute Gasteiger partial charge is 0.368 e. The van der Waals surface area contributed by atoms with Crippen LogP contribution in [0.1, 0.15) is 11.3 Å². The summed E-state index contributed by atoms with van der Waals surface area (Å²) >= 11 is 0. The van der Waals surface area contributed by atoms with E-state index >= 15 is 0 Å². The zero-order valence-corrected chi connectivity index (χ0v) is 10.6. The van der Waals surface area contributed by atoms with E-state index in [2.05, 4.69) is 15.3 Å². The molecular weight excluding hydrogens is 265 g/mol. The number of hydrogen-bond donors (Lipinski definition) is 2. The topological polar surface area (TPSA) is 107 Å². The van der Waals surface area contributed by atoms with E-state index in [9.17, 15) is 14.5 Å². The molecule has 0 saturated heterocycles. The first kappa shape index (κ1) is 13.7. The predicted molar refractivity (Wildman–Crippen MR) is 71.6 cm³/mol. The van der Waals surface area contributed by atoms with Gasteiger partial charge >= 0.3 is 5.69 Å². The molecule has 8 heteroatoms. The molecule has 0 amide bonds. The van der Waals surface area contributed by atoms with Crippen LogP contribution in [0.5, 0.6) is 0 Å². The van der Waals surface area contributed by atoms with Gasteiger partial charge < -0.3 is 11.1 Å². The van der Waals surface area contributed by atoms with Crippen LogP contribution >= 0.6 is 0 Å². The van der Waals surface area contributed by atoms with Gasteiger partial charge in [-0.15, -0.1) is 0 Å². The zero-order valence-electron chi connectivity index (χ0n) is 10.6. The van der Waals surface area contributed by atoms with Crippen molar-refractivity contribution in [3.8, 4) is 0 Å². The van der Waals surface area contributed by atoms with Crippen LogP contribution in [0.25, 0.3) is 0 Å². The zero-order chi connectivity index (χ0) is 14.7. The van der Waals surface area contributed by atoms with Crippen molar-refractivity contribution < 1.29 is 9.31 Å². The molecule has 1 heterocycles. The SMILES string of the molecule is Cc1nc(N)nc(NCc2cccc(F)c2)c1[N+](=O)[O-]. The first-order chi connectivity index (χ1) is 9.47. The monoisotopic (exact) mass is 277 g/mol. The summed E-state index contributed by atoms with van der Waals surface area (Å²) in [5.41, 5.74) is 6.04. The highest BCUT2D eigenvalue weighted by Gasteiger charge is 2.21. The third-order valence-corrected chi connectivity index (χ3v) is 2.61. The second-order valence-corrected chi connectivity index (χ2v) is 4.11. The van der Waals surface area contributed by atoms with Crippen molar-refractivity contribution in [2.24, 2.45) is 0 Å². The highest BCUT2D eigenvalue weighted by molar-refractivity contribution is 5.60. The van der Waals surface area contributed by atoms with Gasteiger partial charge in [0.05, 0.1) is 4.92 Å². The third kappa shape index (κ3) is 2.97. The molecule has 0 aliphatic heterocycles. The summed E-state index contributed by atoms with van der Waals surface area (Å²) in [5, 5.41) is 13.8. The van der Waals surface area contributed by atoms with Crippen LogP contribution in [0.15, 0.2) is 24.3 Å². The molecule has 0 atom stereocenters. The fourth-order valence-corrected chi connectivity index (χ4v) is 1.76. The van der Waals surface area contributed by atoms with Crippen molar-refractivity contribution in [3.63, 3.8) is 0 Å². The molecule has 0 bridgehead atoms. The Morgan fingerprint density at radius 2 is 2.20 bits per heavy atom. The van der Waals surface area contributed by atoms with Crippen LogP contribution in [0, 0.1) is 22.9 Å². The molecule has 1 aromatic heterocycles. The average molecular weight is 277 g/mol. The number of nitrogens with one attached hydrogen (secondary N) is 1. The van der Waals surface area contributed by atoms with E-state index in [1.807, 2.05) is 0 Å². The fraction of sp³-hybridized carbons (Fsp3) is 0.167. The van der Waals surface area contributed by atoms with Gasteiger partial charge in [-0.3, -0.25) is 10.1 Å². The molecule has 2 aromatic rings. The lowest BCUT2D eigenvalue weighted by Gasteiger charge is -2.08. The van der Waals surface area contributed by atoms with E-state index < -0.39 is 4.92 Å². The minimum atomic E-state index is -0.581. The molecule has 0 unspecified atom stereocenters. The smallest absolute Gasteiger partial charge is 0.332 e. The lowest BCUT2D eigenvalue weighted by molar-refractivity contribution is -0.385. The van der Waals surface area contributed by atoms with Crippen molar-refractivity contribution in [2.75, 3.05) is 11.1 Å². The summed E-state index contributed by atoms with van der Waals surface area (Å²) < 4.78 is 13.0. The van der Waals surface area contributed by atoms with Gasteiger partial charge in [-0.1, -0.05) is 12.1 Å². The maximum atomic E-state index is 13.0. The van der Waals surface area contributed by atoms with Crippen LogP contribution in [-0.2, 0) is 6.54 Å². The first-order valence-corrected chi connectivity index (χ1v) is 5.74. The molecule has 20 heavy (non-hydrogen) atoms. The molecule has 0 spiro atoms. The van der Waals surface area contributed by atoms with Gasteiger partial charge in [-0.25, -0.2) is 9.37 Å². The normalized spacial score (nSPS) is 10.3. The van der Waals surface area contributed by atoms with Gasteiger partial charge in [0.2, 0.25) is 11.8 Å². The number of nitro groups is 1. The average Bonchev–Trinajstić information content (AvgIpc) is 2.35. The van der Waals surface area contributed by atoms with Gasteiger partial charge in [0.25, 0.3) is 0 Å². The summed E-state index contributed by atoms with van der Waals surface area (Å²) in [6.45, 7) is 1.66. The van der Waals surface area contributed by atoms with E-state index in [4.69, 9.17) is 5.73 Å². The van der Waals surface area contributed by atoms with Crippen molar-refractivity contribution >= 4 is 17.5 Å². The second kappa shape index (κ2) is 5.47. The van der Waals surface area contributed by atoms with Crippen molar-refractivity contribution in [1.29, 1.82) is 0 Å². The van der Waals surface area contributed by atoms with Gasteiger partial charge in [-0.05, 0) is 24.6 Å². The number of aryl methyl sites for hydroxylation is 1. The Morgan fingerprint density at radius 3 is 2.85 bits per heavy atom. The van der Waals surface area contributed by atoms with Crippen LogP contribution in [0.2, 0.25) is 0 Å². The van der Waals surface area contributed by atoms with E-state index in [1.54, 1.807) is 12.1 Å². The van der Waals surface area contributed by atoms with Crippen LogP contribution < -0.4 is 11.1 Å². The Morgan fingerprint density at radius 1 is 1.45 bits per heavy atom. The Labute approximate surface area is 113 Å². The maximum absolute atomic E-state index is 13.0. The summed E-state index contributed by atoms with van der Waals surface area (Å²) in [6.07, 6.45) is 0. The van der Waals surface area contributed by atoms with E-state index in [0.717, 1.165) is 0 Å². The fourth-order valence-electron chi connectivity index (χ4n) is 1.76. The molecule has 0 aliphatic rings. The number of nitrogen functional groups attached to an aromatic ring is 1. The highest BCUT2D eigenvalue weighted by Crippen LogP contribution is 2.26. The van der Waals surface area contributed by atoms with Crippen LogP contribution in [0.3, 0.4) is 0 Å². The predicted octanol–water partition coefficient (Wildman–Crippen LogP) is 2.03. The van der Waals surface area contributed by atoms with Gasteiger partial charge in [0, 0.05) is 6.54 Å². The second-order valence-electron chi connectivity index (χ2n) is 4.11. The molecular formula is C12H12FN5O2. The number of nitrogens with zero attached hydrogens (tertiary/aromatic N) is 3. The van der Waals surface area contributed by atoms with Gasteiger partial charge in [0.15, 0.2) is 0 Å². The number of nitrogens with two attached hydrogens (primary N) is 1. The third-order valence-electron chi connectivity index (χ3n) is 2.61. The number of anilines is 2. The minimum Gasteiger partial charge on any atom is -0.368 e. The lowest BCUT2D eigenvalue weighted by atomic mass is 10.2. The molecule has 0 aliphatic carbocycles. The Bertz CT molecular complexity index is 662. The summed E-state index contributed by atoms with van der Waals surface area (Å²) in [5.74, 6) is -0.420. The number of halogens is 1. The molecule has 0 saturated carbocycles. The van der Waals surface area contributed by atoms with Crippen LogP contribution in [0.4, 0.5) is 21.8 Å². The molecule has 104 valence electrons. The lowest BCUT2D eigenvalue weighted by Crippen LogP contribution is -2.09. The summed E-state index contributed by atoms with van der Waals surface area (Å²) in [7, 11) is 0. The number of aromatic nitrogens is 2. The Kier molecular flexibility index (Phi) is 3.74. The van der Waals surface area contributed by atoms with Crippen LogP contribution in [-0.4, -0.2) is 14.9 Å². The first-order valence-electron chi connectivity index (χ1n) is 5.74. The standard InChI is InChI=1S/C12H12FN5O2/c1-7-10(18(19)20)11(17-12(14)16-7)15-6-8-3-2-4-9(13)5-8/h2-5H,6H2,1H3,(H3,14,15,16,17).